The second-order valence-electron chi connectivity index (χ2n) is 4.83. The minimum absolute atomic E-state index is 0. The zero-order chi connectivity index (χ0) is 15.8. The van der Waals surface area contributed by atoms with Crippen molar-refractivity contribution in [1.29, 1.82) is 5.41 Å². The maximum Gasteiger partial charge on any atom is 0.325 e. The number of benzene rings is 1. The second kappa shape index (κ2) is 6.02. The normalized spacial score (nSPS) is 20.3. The molecule has 0 saturated carbocycles. The minimum atomic E-state index is -1.33. The lowest BCUT2D eigenvalue weighted by Gasteiger charge is -2.22. The third-order valence-electron chi connectivity index (χ3n) is 3.34. The van der Waals surface area contributed by atoms with Gasteiger partial charge in [0, 0.05) is 5.56 Å². The highest BCUT2D eigenvalue weighted by molar-refractivity contribution is 6.08. The zero-order valence-electron chi connectivity index (χ0n) is 11.6. The van der Waals surface area contributed by atoms with Gasteiger partial charge >= 0.3 is 12.0 Å². The first-order valence-electron chi connectivity index (χ1n) is 6.06. The van der Waals surface area contributed by atoms with Crippen molar-refractivity contribution in [3.8, 4) is 0 Å². The number of nitrogens with two attached hydrogens (primary N) is 1. The van der Waals surface area contributed by atoms with E-state index >= 15 is 0 Å². The lowest BCUT2D eigenvalue weighted by Crippen LogP contribution is -2.41. The summed E-state index contributed by atoms with van der Waals surface area (Å²) in [6.07, 6.45) is 0. The van der Waals surface area contributed by atoms with Crippen LogP contribution >= 0.6 is 12.4 Å². The molecule has 0 radical (unpaired) electrons. The number of halogens is 1. The Bertz CT molecular complexity index is 646. The molecule has 2 rings (SSSR count). The number of carbonyl (C=O) groups is 3. The number of hydrogen-bond acceptors (Lipinski definition) is 4. The van der Waals surface area contributed by atoms with Crippen LogP contribution in [0.4, 0.5) is 4.79 Å². The number of rotatable bonds is 4. The van der Waals surface area contributed by atoms with Crippen LogP contribution in [0.2, 0.25) is 0 Å². The number of carboxylic acid groups (broad SMARTS) is 1. The molecule has 1 atom stereocenters. The quantitative estimate of drug-likeness (QED) is 0.357. The van der Waals surface area contributed by atoms with Crippen molar-refractivity contribution < 1.29 is 19.5 Å². The van der Waals surface area contributed by atoms with Gasteiger partial charge in [-0.2, -0.15) is 0 Å². The van der Waals surface area contributed by atoms with E-state index in [1.54, 1.807) is 24.3 Å². The van der Waals surface area contributed by atoms with E-state index in [0.29, 0.717) is 16.0 Å². The van der Waals surface area contributed by atoms with Crippen molar-refractivity contribution in [3.05, 3.63) is 35.4 Å². The molecule has 22 heavy (non-hydrogen) atoms. The van der Waals surface area contributed by atoms with Gasteiger partial charge in [-0.15, -0.1) is 12.4 Å². The molecule has 1 heterocycles. The Morgan fingerprint density at radius 2 is 1.91 bits per heavy atom. The summed E-state index contributed by atoms with van der Waals surface area (Å²) in [5.41, 5.74) is 4.99. The third kappa shape index (κ3) is 2.86. The van der Waals surface area contributed by atoms with E-state index in [2.05, 4.69) is 5.32 Å². The van der Waals surface area contributed by atoms with Crippen LogP contribution in [0.25, 0.3) is 0 Å². The largest absolute Gasteiger partial charge is 0.480 e. The molecule has 3 amide bonds. The molecular weight excluding hydrogens is 312 g/mol. The van der Waals surface area contributed by atoms with Crippen molar-refractivity contribution in [2.24, 2.45) is 5.73 Å². The summed E-state index contributed by atoms with van der Waals surface area (Å²) < 4.78 is 0. The number of aliphatic carboxylic acids is 1. The first-order valence-corrected chi connectivity index (χ1v) is 6.06. The fourth-order valence-electron chi connectivity index (χ4n) is 2.15. The first-order chi connectivity index (χ1) is 9.75. The van der Waals surface area contributed by atoms with Gasteiger partial charge in [0.05, 0.1) is 0 Å². The Morgan fingerprint density at radius 3 is 2.36 bits per heavy atom. The number of carboxylic acids is 1. The first kappa shape index (κ1) is 17.4. The summed E-state index contributed by atoms with van der Waals surface area (Å²) in [4.78, 5) is 35.4. The standard InChI is InChI=1S/C13H14N4O4.ClH/c1-13(8-4-2-7(3-5-8)10(14)15)11(20)17(6-9(18)19)12(21)16-13;/h2-5H,6H2,1H3,(H3,14,15)(H,16,21)(H,18,19);1H/t13-;/m1./s1. The van der Waals surface area contributed by atoms with Crippen LogP contribution in [0.3, 0.4) is 0 Å². The van der Waals surface area contributed by atoms with Gasteiger partial charge in [0.25, 0.3) is 5.91 Å². The molecule has 8 nitrogen and oxygen atoms in total. The maximum atomic E-state index is 12.3. The number of urea groups is 1. The van der Waals surface area contributed by atoms with E-state index in [1.807, 2.05) is 0 Å². The second-order valence-corrected chi connectivity index (χ2v) is 4.83. The molecule has 118 valence electrons. The molecule has 0 aromatic heterocycles. The Morgan fingerprint density at radius 1 is 1.36 bits per heavy atom. The van der Waals surface area contributed by atoms with E-state index < -0.39 is 30.0 Å². The Balaban J connectivity index is 0.00000242. The maximum absolute atomic E-state index is 12.3. The van der Waals surface area contributed by atoms with Crippen LogP contribution in [0.5, 0.6) is 0 Å². The van der Waals surface area contributed by atoms with Gasteiger partial charge in [-0.3, -0.25) is 19.9 Å². The average Bonchev–Trinajstić information content (AvgIpc) is 2.63. The number of amides is 3. The van der Waals surface area contributed by atoms with Crippen molar-refractivity contribution >= 4 is 36.2 Å². The number of nitrogens with one attached hydrogen (secondary N) is 2. The number of hydrogen-bond donors (Lipinski definition) is 4. The van der Waals surface area contributed by atoms with Crippen LogP contribution in [0, 0.1) is 5.41 Å². The molecule has 1 aliphatic heterocycles. The molecule has 5 N–H and O–H groups in total. The molecule has 1 aliphatic rings. The van der Waals surface area contributed by atoms with Crippen LogP contribution < -0.4 is 11.1 Å². The smallest absolute Gasteiger partial charge is 0.325 e. The summed E-state index contributed by atoms with van der Waals surface area (Å²) in [6.45, 7) is 0.809. The summed E-state index contributed by atoms with van der Waals surface area (Å²) >= 11 is 0. The summed E-state index contributed by atoms with van der Waals surface area (Å²) in [5, 5.41) is 18.5. The van der Waals surface area contributed by atoms with Gasteiger partial charge in [-0.1, -0.05) is 24.3 Å². The van der Waals surface area contributed by atoms with Crippen LogP contribution in [0.15, 0.2) is 24.3 Å². The van der Waals surface area contributed by atoms with Crippen LogP contribution in [-0.4, -0.2) is 40.3 Å². The van der Waals surface area contributed by atoms with Crippen molar-refractivity contribution in [1.82, 2.24) is 10.2 Å². The highest BCUT2D eigenvalue weighted by Gasteiger charge is 2.49. The van der Waals surface area contributed by atoms with Crippen molar-refractivity contribution in [2.75, 3.05) is 6.54 Å². The number of carbonyl (C=O) groups excluding carboxylic acids is 2. The molecule has 1 fully saturated rings. The van der Waals surface area contributed by atoms with E-state index in [0.717, 1.165) is 0 Å². The van der Waals surface area contributed by atoms with E-state index in [1.165, 1.54) is 6.92 Å². The SMILES string of the molecule is C[C@]1(c2ccc(C(=N)N)cc2)NC(=O)N(CC(=O)O)C1=O.Cl. The van der Waals surface area contributed by atoms with E-state index in [4.69, 9.17) is 16.2 Å². The topological polar surface area (TPSA) is 137 Å². The fraction of sp³-hybridized carbons (Fsp3) is 0.231. The van der Waals surface area contributed by atoms with Crippen molar-refractivity contribution in [2.45, 2.75) is 12.5 Å². The number of nitrogens with zero attached hydrogens (tertiary/aromatic N) is 1. The predicted molar refractivity (Wildman–Crippen MR) is 79.9 cm³/mol. The molecule has 1 aromatic carbocycles. The molecule has 1 aromatic rings. The average molecular weight is 327 g/mol. The van der Waals surface area contributed by atoms with Crippen molar-refractivity contribution in [3.63, 3.8) is 0 Å². The van der Waals surface area contributed by atoms with Gasteiger partial charge in [-0.25, -0.2) is 4.79 Å². The lowest BCUT2D eigenvalue weighted by atomic mass is 9.91. The Hall–Kier alpha value is -2.61. The lowest BCUT2D eigenvalue weighted by molar-refractivity contribution is -0.142. The summed E-state index contributed by atoms with van der Waals surface area (Å²) in [6, 6.07) is 5.50. The minimum Gasteiger partial charge on any atom is -0.480 e. The monoisotopic (exact) mass is 326 g/mol. The molecule has 0 bridgehead atoms. The molecule has 1 saturated heterocycles. The fourth-order valence-corrected chi connectivity index (χ4v) is 2.15. The van der Waals surface area contributed by atoms with Gasteiger partial charge < -0.3 is 16.2 Å². The zero-order valence-corrected chi connectivity index (χ0v) is 12.4. The Kier molecular flexibility index (Phi) is 4.77. The number of imide groups is 1. The molecule has 0 unspecified atom stereocenters. The van der Waals surface area contributed by atoms with Crippen LogP contribution in [-0.2, 0) is 15.1 Å². The Labute approximate surface area is 132 Å². The van der Waals surface area contributed by atoms with Gasteiger partial charge in [0.15, 0.2) is 0 Å². The van der Waals surface area contributed by atoms with Gasteiger partial charge in [0.1, 0.15) is 17.9 Å². The number of nitrogen functional groups attached to an aromatic ring is 1. The third-order valence-corrected chi connectivity index (χ3v) is 3.34. The predicted octanol–water partition coefficient (Wildman–Crippen LogP) is 0.244. The molecule has 9 heteroatoms. The van der Waals surface area contributed by atoms with E-state index in [9.17, 15) is 14.4 Å². The summed E-state index contributed by atoms with van der Waals surface area (Å²) in [7, 11) is 0. The van der Waals surface area contributed by atoms with Gasteiger partial charge in [0.2, 0.25) is 0 Å². The number of amidine groups is 1. The molecule has 0 aliphatic carbocycles. The van der Waals surface area contributed by atoms with E-state index in [-0.39, 0.29) is 18.2 Å². The molecule has 0 spiro atoms. The highest BCUT2D eigenvalue weighted by atomic mass is 35.5. The summed E-state index contributed by atoms with van der Waals surface area (Å²) in [5.74, 6) is -2.01. The van der Waals surface area contributed by atoms with Gasteiger partial charge in [-0.05, 0) is 12.5 Å². The molecular formula is C13H15ClN4O4. The van der Waals surface area contributed by atoms with Crippen LogP contribution in [0.1, 0.15) is 18.1 Å². The highest BCUT2D eigenvalue weighted by Crippen LogP contribution is 2.28.